The van der Waals surface area contributed by atoms with Crippen molar-refractivity contribution in [3.05, 3.63) is 53.2 Å². The van der Waals surface area contributed by atoms with Crippen LogP contribution in [0.15, 0.2) is 35.5 Å². The number of aryl methyl sites for hydroxylation is 1. The molecular weight excluding hydrogens is 561 g/mol. The van der Waals surface area contributed by atoms with Gasteiger partial charge in [-0.05, 0) is 47.1 Å². The number of nitrogens with zero attached hydrogens (tertiary/aromatic N) is 5. The fourth-order valence-electron chi connectivity index (χ4n) is 5.32. The van der Waals surface area contributed by atoms with Gasteiger partial charge in [-0.25, -0.2) is 41.3 Å². The maximum Gasteiger partial charge on any atom is 0.410 e. The third-order valence-corrected chi connectivity index (χ3v) is 8.99. The van der Waals surface area contributed by atoms with Gasteiger partial charge in [0.1, 0.15) is 23.1 Å². The molecule has 2 aliphatic rings. The van der Waals surface area contributed by atoms with E-state index in [1.165, 1.54) is 28.7 Å². The molecule has 0 spiro atoms. The molecule has 5 rings (SSSR count). The lowest BCUT2D eigenvalue weighted by Gasteiger charge is -2.34. The highest BCUT2D eigenvalue weighted by Crippen LogP contribution is 2.37. The molecule has 3 aromatic rings. The predicted molar refractivity (Wildman–Crippen MR) is 144 cm³/mol. The SMILES string of the molecule is Cc1nc(N[C@H](C)c2cccc(C(F)F)c2F)c2cc(S(=O)(=O)N3CC4CC3CN4C(=O)OC(C)(C)C)ncc2n1. The maximum absolute atomic E-state index is 14.8. The van der Waals surface area contributed by atoms with Gasteiger partial charge in [0.2, 0.25) is 0 Å². The molecule has 1 amide bonds. The van der Waals surface area contributed by atoms with Crippen LogP contribution in [0.4, 0.5) is 23.8 Å². The van der Waals surface area contributed by atoms with E-state index in [4.69, 9.17) is 4.74 Å². The summed E-state index contributed by atoms with van der Waals surface area (Å²) in [6.45, 7) is 8.86. The zero-order valence-electron chi connectivity index (χ0n) is 23.2. The Morgan fingerprint density at radius 1 is 1.15 bits per heavy atom. The number of alkyl halides is 2. The fraction of sp³-hybridized carbons (Fsp3) is 0.481. The number of likely N-dealkylation sites (tertiary alicyclic amines) is 1. The standard InChI is InChI=1S/C27H31F3N6O4S/c1-14(18-7-6-8-19(23(18)28)24(29)30)32-25-20-10-22(31-11-21(20)33-15(2)34-25)41(38,39)36-13-16-9-17(36)12-35(16)26(37)40-27(3,4)5/h6-8,10-11,14,16-17,24H,9,12-13H2,1-5H3,(H,32,33,34)/t14-,16?,17?/m1/s1. The van der Waals surface area contributed by atoms with E-state index in [2.05, 4.69) is 20.3 Å². The number of carbonyl (C=O) groups is 1. The van der Waals surface area contributed by atoms with Gasteiger partial charge in [0.25, 0.3) is 16.4 Å². The summed E-state index contributed by atoms with van der Waals surface area (Å²) in [4.78, 5) is 27.1. The molecule has 220 valence electrons. The van der Waals surface area contributed by atoms with Crippen LogP contribution in [0.2, 0.25) is 0 Å². The van der Waals surface area contributed by atoms with E-state index < -0.39 is 51.6 Å². The molecule has 1 aromatic carbocycles. The first-order chi connectivity index (χ1) is 19.2. The minimum Gasteiger partial charge on any atom is -0.444 e. The fourth-order valence-corrected chi connectivity index (χ4v) is 6.93. The molecule has 41 heavy (non-hydrogen) atoms. The summed E-state index contributed by atoms with van der Waals surface area (Å²) in [6.07, 6.45) is -1.63. The summed E-state index contributed by atoms with van der Waals surface area (Å²) in [7, 11) is -4.06. The number of piperazine rings is 1. The Balaban J connectivity index is 1.42. The third kappa shape index (κ3) is 5.54. The molecule has 0 radical (unpaired) electrons. The molecule has 0 aliphatic carbocycles. The Hall–Kier alpha value is -3.52. The molecule has 14 heteroatoms. The van der Waals surface area contributed by atoms with Gasteiger partial charge in [-0.3, -0.25) is 0 Å². The molecular formula is C27H31F3N6O4S. The first-order valence-electron chi connectivity index (χ1n) is 13.1. The molecule has 10 nitrogen and oxygen atoms in total. The summed E-state index contributed by atoms with van der Waals surface area (Å²) in [5.41, 5.74) is -1.01. The first-order valence-corrected chi connectivity index (χ1v) is 14.6. The number of hydrogen-bond acceptors (Lipinski definition) is 8. The summed E-state index contributed by atoms with van der Waals surface area (Å²) < 4.78 is 75.5. The second kappa shape index (κ2) is 10.4. The van der Waals surface area contributed by atoms with Crippen molar-refractivity contribution in [2.45, 2.75) is 76.2 Å². The summed E-state index contributed by atoms with van der Waals surface area (Å²) in [5, 5.41) is 3.12. The molecule has 2 saturated heterocycles. The Morgan fingerprint density at radius 2 is 1.85 bits per heavy atom. The highest BCUT2D eigenvalue weighted by Gasteiger charge is 2.51. The van der Waals surface area contributed by atoms with Crippen LogP contribution in [0.25, 0.3) is 10.9 Å². The van der Waals surface area contributed by atoms with Crippen molar-refractivity contribution in [1.82, 2.24) is 24.2 Å². The quantitative estimate of drug-likeness (QED) is 0.427. The topological polar surface area (TPSA) is 118 Å². The highest BCUT2D eigenvalue weighted by atomic mass is 32.2. The third-order valence-electron chi connectivity index (χ3n) is 7.17. The van der Waals surface area contributed by atoms with Crippen LogP contribution in [-0.4, -0.2) is 69.4 Å². The summed E-state index contributed by atoms with van der Waals surface area (Å²) in [5.74, 6) is -0.461. The van der Waals surface area contributed by atoms with E-state index >= 15 is 0 Å². The molecule has 2 aliphatic heterocycles. The lowest BCUT2D eigenvalue weighted by atomic mass is 10.0. The average Bonchev–Trinajstić information content (AvgIpc) is 3.49. The number of anilines is 1. The molecule has 3 atom stereocenters. The van der Waals surface area contributed by atoms with E-state index in [-0.39, 0.29) is 35.5 Å². The van der Waals surface area contributed by atoms with Crippen molar-refractivity contribution in [2.24, 2.45) is 0 Å². The molecule has 2 aromatic heterocycles. The van der Waals surface area contributed by atoms with Gasteiger partial charge >= 0.3 is 6.09 Å². The van der Waals surface area contributed by atoms with Crippen LogP contribution >= 0.6 is 0 Å². The number of benzene rings is 1. The normalized spacial score (nSPS) is 20.2. The van der Waals surface area contributed by atoms with Gasteiger partial charge < -0.3 is 15.0 Å². The number of aromatic nitrogens is 3. The number of rotatable bonds is 6. The number of ether oxygens (including phenoxy) is 1. The van der Waals surface area contributed by atoms with E-state index in [9.17, 15) is 26.4 Å². The van der Waals surface area contributed by atoms with Crippen LogP contribution in [-0.2, 0) is 14.8 Å². The smallest absolute Gasteiger partial charge is 0.410 e. The van der Waals surface area contributed by atoms with Gasteiger partial charge in [0.15, 0.2) is 5.03 Å². The van der Waals surface area contributed by atoms with Crippen LogP contribution in [0.3, 0.4) is 0 Å². The Bertz CT molecular complexity index is 1610. The number of nitrogens with one attached hydrogen (secondary N) is 1. The van der Waals surface area contributed by atoms with Crippen LogP contribution in [0, 0.1) is 12.7 Å². The zero-order chi connectivity index (χ0) is 29.9. The highest BCUT2D eigenvalue weighted by molar-refractivity contribution is 7.89. The number of sulfonamides is 1. The van der Waals surface area contributed by atoms with E-state index in [1.54, 1.807) is 39.5 Å². The molecule has 4 heterocycles. The van der Waals surface area contributed by atoms with Crippen molar-refractivity contribution in [2.75, 3.05) is 18.4 Å². The van der Waals surface area contributed by atoms with Crippen molar-refractivity contribution in [1.29, 1.82) is 0 Å². The number of hydrogen-bond donors (Lipinski definition) is 1. The second-order valence-electron chi connectivity index (χ2n) is 11.3. The Kier molecular flexibility index (Phi) is 7.35. The number of amides is 1. The number of pyridine rings is 1. The van der Waals surface area contributed by atoms with Gasteiger partial charge in [-0.2, -0.15) is 4.31 Å². The number of fused-ring (bicyclic) bond motifs is 3. The van der Waals surface area contributed by atoms with E-state index in [0.717, 1.165) is 6.07 Å². The minimum absolute atomic E-state index is 0.0109. The second-order valence-corrected chi connectivity index (χ2v) is 13.2. The van der Waals surface area contributed by atoms with Crippen molar-refractivity contribution in [3.8, 4) is 0 Å². The largest absolute Gasteiger partial charge is 0.444 e. The molecule has 0 saturated carbocycles. The summed E-state index contributed by atoms with van der Waals surface area (Å²) in [6, 6.07) is 3.61. The monoisotopic (exact) mass is 592 g/mol. The molecule has 1 N–H and O–H groups in total. The van der Waals surface area contributed by atoms with Gasteiger partial charge in [0.05, 0.1) is 29.4 Å². The van der Waals surface area contributed by atoms with Gasteiger partial charge in [-0.1, -0.05) is 18.2 Å². The van der Waals surface area contributed by atoms with Crippen LogP contribution in [0.5, 0.6) is 0 Å². The predicted octanol–water partition coefficient (Wildman–Crippen LogP) is 4.97. The van der Waals surface area contributed by atoms with Crippen LogP contribution < -0.4 is 5.32 Å². The van der Waals surface area contributed by atoms with E-state index in [1.807, 2.05) is 0 Å². The Morgan fingerprint density at radius 3 is 2.49 bits per heavy atom. The zero-order valence-corrected chi connectivity index (χ0v) is 24.0. The lowest BCUT2D eigenvalue weighted by molar-refractivity contribution is 0.0172. The molecule has 2 bridgehead atoms. The van der Waals surface area contributed by atoms with Crippen molar-refractivity contribution in [3.63, 3.8) is 0 Å². The molecule has 2 fully saturated rings. The summed E-state index contributed by atoms with van der Waals surface area (Å²) >= 11 is 0. The molecule has 2 unspecified atom stereocenters. The maximum atomic E-state index is 14.8. The first kappa shape index (κ1) is 29.0. The van der Waals surface area contributed by atoms with E-state index in [0.29, 0.717) is 23.1 Å². The Labute approximate surface area is 236 Å². The average molecular weight is 593 g/mol. The van der Waals surface area contributed by atoms with Crippen molar-refractivity contribution >= 4 is 32.8 Å². The van der Waals surface area contributed by atoms with Gasteiger partial charge in [0, 0.05) is 30.1 Å². The minimum atomic E-state index is -4.06. The lowest BCUT2D eigenvalue weighted by Crippen LogP contribution is -2.51. The number of halogens is 3. The number of carbonyl (C=O) groups excluding carboxylic acids is 1. The van der Waals surface area contributed by atoms with Crippen molar-refractivity contribution < 1.29 is 31.1 Å². The van der Waals surface area contributed by atoms with Gasteiger partial charge in [-0.15, -0.1) is 0 Å². The van der Waals surface area contributed by atoms with Crippen LogP contribution in [0.1, 0.15) is 63.5 Å².